The highest BCUT2D eigenvalue weighted by atomic mass is 16.5. The van der Waals surface area contributed by atoms with E-state index in [1.54, 1.807) is 0 Å². The molecule has 2 N–H and O–H groups in total. The Bertz CT molecular complexity index is 265. The van der Waals surface area contributed by atoms with Gasteiger partial charge in [-0.2, -0.15) is 5.06 Å². The van der Waals surface area contributed by atoms with Crippen molar-refractivity contribution >= 4 is 5.91 Å². The zero-order valence-corrected chi connectivity index (χ0v) is 10.3. The highest BCUT2D eigenvalue weighted by Gasteiger charge is 2.44. The van der Waals surface area contributed by atoms with E-state index in [-0.39, 0.29) is 23.0 Å². The second-order valence-corrected chi connectivity index (χ2v) is 5.63. The SMILES string of the molecule is CC(=O)NC1(C)CC(C)N(O)C(C)(C)C1. The van der Waals surface area contributed by atoms with Gasteiger partial charge in [-0.15, -0.1) is 0 Å². The number of hydroxylamine groups is 2. The summed E-state index contributed by atoms with van der Waals surface area (Å²) in [6.45, 7) is 9.53. The average Bonchev–Trinajstić information content (AvgIpc) is 1.96. The van der Waals surface area contributed by atoms with Crippen LogP contribution in [0.4, 0.5) is 0 Å². The summed E-state index contributed by atoms with van der Waals surface area (Å²) < 4.78 is 0. The minimum Gasteiger partial charge on any atom is -0.351 e. The van der Waals surface area contributed by atoms with Gasteiger partial charge < -0.3 is 10.5 Å². The molecule has 88 valence electrons. The monoisotopic (exact) mass is 214 g/mol. The van der Waals surface area contributed by atoms with Crippen LogP contribution in [0.2, 0.25) is 0 Å². The molecule has 0 aromatic heterocycles. The maximum Gasteiger partial charge on any atom is 0.217 e. The number of nitrogens with zero attached hydrogens (tertiary/aromatic N) is 1. The van der Waals surface area contributed by atoms with Crippen molar-refractivity contribution in [3.05, 3.63) is 0 Å². The number of rotatable bonds is 1. The predicted octanol–water partition coefficient (Wildman–Crippen LogP) is 1.53. The lowest BCUT2D eigenvalue weighted by molar-refractivity contribution is -0.219. The van der Waals surface area contributed by atoms with Crippen LogP contribution in [0.15, 0.2) is 0 Å². The smallest absolute Gasteiger partial charge is 0.217 e. The predicted molar refractivity (Wildman–Crippen MR) is 58.6 cm³/mol. The maximum absolute atomic E-state index is 11.1. The number of carbonyl (C=O) groups is 1. The molecular weight excluding hydrogens is 192 g/mol. The number of hydrogen-bond acceptors (Lipinski definition) is 3. The zero-order valence-electron chi connectivity index (χ0n) is 10.3. The first-order chi connectivity index (χ1) is 6.66. The number of piperidine rings is 1. The quantitative estimate of drug-likeness (QED) is 0.696. The maximum atomic E-state index is 11.1. The van der Waals surface area contributed by atoms with Crippen LogP contribution >= 0.6 is 0 Å². The lowest BCUT2D eigenvalue weighted by Crippen LogP contribution is -2.62. The molecule has 0 aromatic carbocycles. The minimum atomic E-state index is -0.297. The molecular formula is C11H22N2O2. The Labute approximate surface area is 91.6 Å². The first-order valence-electron chi connectivity index (χ1n) is 5.43. The van der Waals surface area contributed by atoms with Crippen LogP contribution in [0.1, 0.15) is 47.5 Å². The summed E-state index contributed by atoms with van der Waals surface area (Å²) in [4.78, 5) is 11.1. The van der Waals surface area contributed by atoms with E-state index in [0.717, 1.165) is 12.8 Å². The molecule has 2 unspecified atom stereocenters. The van der Waals surface area contributed by atoms with Gasteiger partial charge in [0.25, 0.3) is 0 Å². The summed E-state index contributed by atoms with van der Waals surface area (Å²) >= 11 is 0. The van der Waals surface area contributed by atoms with E-state index in [0.29, 0.717) is 0 Å². The molecule has 0 radical (unpaired) electrons. The molecule has 1 saturated heterocycles. The lowest BCUT2D eigenvalue weighted by Gasteiger charge is -2.50. The van der Waals surface area contributed by atoms with Crippen molar-refractivity contribution in [1.82, 2.24) is 10.4 Å². The normalized spacial score (nSPS) is 36.3. The third-order valence-electron chi connectivity index (χ3n) is 3.08. The van der Waals surface area contributed by atoms with Gasteiger partial charge in [-0.25, -0.2) is 0 Å². The van der Waals surface area contributed by atoms with E-state index in [4.69, 9.17) is 0 Å². The standard InChI is InChI=1S/C11H22N2O2/c1-8-6-11(5,12-9(2)14)7-10(3,4)13(8)15/h8,15H,6-7H2,1-5H3,(H,12,14). The Hall–Kier alpha value is -0.610. The molecule has 0 saturated carbocycles. The fraction of sp³-hybridized carbons (Fsp3) is 0.909. The van der Waals surface area contributed by atoms with Crippen molar-refractivity contribution in [2.45, 2.75) is 64.6 Å². The fourth-order valence-corrected chi connectivity index (χ4v) is 2.96. The van der Waals surface area contributed by atoms with Gasteiger partial charge in [0, 0.05) is 24.0 Å². The third-order valence-corrected chi connectivity index (χ3v) is 3.08. The van der Waals surface area contributed by atoms with Crippen molar-refractivity contribution in [2.75, 3.05) is 0 Å². The van der Waals surface area contributed by atoms with Crippen molar-refractivity contribution in [2.24, 2.45) is 0 Å². The van der Waals surface area contributed by atoms with Crippen molar-refractivity contribution < 1.29 is 10.0 Å². The van der Waals surface area contributed by atoms with Gasteiger partial charge in [0.2, 0.25) is 5.91 Å². The van der Waals surface area contributed by atoms with Crippen LogP contribution in [-0.2, 0) is 4.79 Å². The van der Waals surface area contributed by atoms with Crippen LogP contribution in [-0.4, -0.2) is 33.3 Å². The van der Waals surface area contributed by atoms with Gasteiger partial charge in [0.05, 0.1) is 0 Å². The summed E-state index contributed by atoms with van der Waals surface area (Å²) in [5, 5.41) is 14.3. The number of nitrogens with one attached hydrogen (secondary N) is 1. The van der Waals surface area contributed by atoms with Crippen LogP contribution in [0.25, 0.3) is 0 Å². The van der Waals surface area contributed by atoms with Gasteiger partial charge >= 0.3 is 0 Å². The first kappa shape index (κ1) is 12.5. The molecule has 0 bridgehead atoms. The molecule has 1 amide bonds. The second kappa shape index (κ2) is 3.76. The summed E-state index contributed by atoms with van der Waals surface area (Å²) in [5.74, 6) is -0.00751. The molecule has 1 aliphatic rings. The molecule has 0 aliphatic carbocycles. The summed E-state index contributed by atoms with van der Waals surface area (Å²) in [5.41, 5.74) is -0.511. The molecule has 1 rings (SSSR count). The molecule has 2 atom stereocenters. The van der Waals surface area contributed by atoms with E-state index >= 15 is 0 Å². The molecule has 15 heavy (non-hydrogen) atoms. The fourth-order valence-electron chi connectivity index (χ4n) is 2.96. The Balaban J connectivity index is 2.83. The van der Waals surface area contributed by atoms with Gasteiger partial charge in [0.15, 0.2) is 0 Å². The Morgan fingerprint density at radius 3 is 2.40 bits per heavy atom. The van der Waals surface area contributed by atoms with Crippen molar-refractivity contribution in [1.29, 1.82) is 0 Å². The Morgan fingerprint density at radius 1 is 1.47 bits per heavy atom. The Kier molecular flexibility index (Phi) is 3.12. The average molecular weight is 214 g/mol. The van der Waals surface area contributed by atoms with E-state index in [1.807, 2.05) is 27.7 Å². The van der Waals surface area contributed by atoms with Crippen LogP contribution in [0, 0.1) is 0 Å². The van der Waals surface area contributed by atoms with E-state index < -0.39 is 0 Å². The topological polar surface area (TPSA) is 52.6 Å². The van der Waals surface area contributed by atoms with E-state index in [2.05, 4.69) is 5.32 Å². The molecule has 1 heterocycles. The van der Waals surface area contributed by atoms with E-state index in [1.165, 1.54) is 12.0 Å². The molecule has 4 nitrogen and oxygen atoms in total. The third kappa shape index (κ3) is 2.69. The number of carbonyl (C=O) groups excluding carboxylic acids is 1. The largest absolute Gasteiger partial charge is 0.351 e. The Morgan fingerprint density at radius 2 is 2.00 bits per heavy atom. The molecule has 0 aromatic rings. The van der Waals surface area contributed by atoms with Crippen molar-refractivity contribution in [3.8, 4) is 0 Å². The second-order valence-electron chi connectivity index (χ2n) is 5.63. The van der Waals surface area contributed by atoms with Crippen molar-refractivity contribution in [3.63, 3.8) is 0 Å². The molecule has 4 heteroatoms. The molecule has 0 spiro atoms. The van der Waals surface area contributed by atoms with Gasteiger partial charge in [0.1, 0.15) is 0 Å². The summed E-state index contributed by atoms with van der Waals surface area (Å²) in [6, 6.07) is 0.0607. The first-order valence-corrected chi connectivity index (χ1v) is 5.43. The lowest BCUT2D eigenvalue weighted by atomic mass is 9.76. The summed E-state index contributed by atoms with van der Waals surface area (Å²) in [6.07, 6.45) is 1.52. The minimum absolute atomic E-state index is 0.00751. The summed E-state index contributed by atoms with van der Waals surface area (Å²) in [7, 11) is 0. The highest BCUT2D eigenvalue weighted by molar-refractivity contribution is 5.73. The number of hydrogen-bond donors (Lipinski definition) is 2. The highest BCUT2D eigenvalue weighted by Crippen LogP contribution is 2.36. The van der Waals surface area contributed by atoms with Gasteiger partial charge in [-0.1, -0.05) is 0 Å². The molecule has 1 aliphatic heterocycles. The van der Waals surface area contributed by atoms with Gasteiger partial charge in [-0.3, -0.25) is 4.79 Å². The van der Waals surface area contributed by atoms with Crippen LogP contribution in [0.5, 0.6) is 0 Å². The number of amides is 1. The van der Waals surface area contributed by atoms with Crippen LogP contribution < -0.4 is 5.32 Å². The van der Waals surface area contributed by atoms with Gasteiger partial charge in [-0.05, 0) is 40.5 Å². The van der Waals surface area contributed by atoms with E-state index in [9.17, 15) is 10.0 Å². The van der Waals surface area contributed by atoms with Crippen LogP contribution in [0.3, 0.4) is 0 Å². The zero-order chi connectivity index (χ0) is 11.9. The molecule has 1 fully saturated rings.